The van der Waals surface area contributed by atoms with Crippen LogP contribution in [0.4, 0.5) is 5.69 Å². The van der Waals surface area contributed by atoms with Gasteiger partial charge < -0.3 is 9.88 Å². The van der Waals surface area contributed by atoms with E-state index in [1.807, 2.05) is 12.5 Å². The van der Waals surface area contributed by atoms with E-state index in [4.69, 9.17) is 11.6 Å². The molecule has 0 unspecified atom stereocenters. The topological polar surface area (TPSA) is 55.6 Å². The Hall–Kier alpha value is -1.62. The zero-order valence-electron chi connectivity index (χ0n) is 9.38. The summed E-state index contributed by atoms with van der Waals surface area (Å²) in [5.74, 6) is 0. The molecule has 0 radical (unpaired) electrons. The lowest BCUT2D eigenvalue weighted by Gasteiger charge is -2.06. The normalized spacial score (nSPS) is 10.4. The van der Waals surface area contributed by atoms with Crippen molar-refractivity contribution in [2.75, 3.05) is 11.9 Å². The maximum Gasteiger partial charge on any atom is 0.153 e. The van der Waals surface area contributed by atoms with Crippen LogP contribution in [-0.4, -0.2) is 26.3 Å². The standard InChI is InChI=1S/C11H14ClN5/c12-11-7-10(8-15-16-11)14-3-1-2-5-17-6-4-13-9-17/h4,6-9H,1-3,5H2,(H,14,16). The van der Waals surface area contributed by atoms with E-state index in [-0.39, 0.29) is 0 Å². The number of anilines is 1. The fourth-order valence-electron chi connectivity index (χ4n) is 1.51. The summed E-state index contributed by atoms with van der Waals surface area (Å²) >= 11 is 5.73. The van der Waals surface area contributed by atoms with Crippen molar-refractivity contribution in [1.82, 2.24) is 19.7 Å². The molecule has 2 aromatic rings. The maximum atomic E-state index is 5.73. The van der Waals surface area contributed by atoms with Gasteiger partial charge in [0.05, 0.1) is 18.2 Å². The Morgan fingerprint density at radius 2 is 2.29 bits per heavy atom. The predicted molar refractivity (Wildman–Crippen MR) is 67.0 cm³/mol. The van der Waals surface area contributed by atoms with Crippen LogP contribution < -0.4 is 5.32 Å². The van der Waals surface area contributed by atoms with Crippen LogP contribution in [0.3, 0.4) is 0 Å². The van der Waals surface area contributed by atoms with E-state index in [9.17, 15) is 0 Å². The van der Waals surface area contributed by atoms with Gasteiger partial charge in [-0.25, -0.2) is 4.98 Å². The third-order valence-corrected chi connectivity index (χ3v) is 2.54. The molecule has 2 rings (SSSR count). The summed E-state index contributed by atoms with van der Waals surface area (Å²) in [7, 11) is 0. The number of imidazole rings is 1. The van der Waals surface area contributed by atoms with Gasteiger partial charge in [0.2, 0.25) is 0 Å². The number of rotatable bonds is 6. The molecule has 0 atom stereocenters. The number of halogens is 1. The highest BCUT2D eigenvalue weighted by Crippen LogP contribution is 2.10. The van der Waals surface area contributed by atoms with Gasteiger partial charge in [-0.15, -0.1) is 5.10 Å². The van der Waals surface area contributed by atoms with E-state index < -0.39 is 0 Å². The highest BCUT2D eigenvalue weighted by molar-refractivity contribution is 6.29. The molecule has 0 amide bonds. The van der Waals surface area contributed by atoms with E-state index in [1.54, 1.807) is 18.5 Å². The summed E-state index contributed by atoms with van der Waals surface area (Å²) in [6.07, 6.45) is 9.46. The molecule has 2 aromatic heterocycles. The second kappa shape index (κ2) is 6.20. The summed E-state index contributed by atoms with van der Waals surface area (Å²) in [5.41, 5.74) is 0.910. The van der Waals surface area contributed by atoms with Gasteiger partial charge in [-0.1, -0.05) is 11.6 Å². The molecule has 1 N–H and O–H groups in total. The second-order valence-corrected chi connectivity index (χ2v) is 4.09. The van der Waals surface area contributed by atoms with E-state index >= 15 is 0 Å². The van der Waals surface area contributed by atoms with Gasteiger partial charge in [-0.3, -0.25) is 0 Å². The SMILES string of the molecule is Clc1cc(NCCCCn2ccnc2)cnn1. The van der Waals surface area contributed by atoms with Crippen LogP contribution >= 0.6 is 11.6 Å². The average molecular weight is 252 g/mol. The van der Waals surface area contributed by atoms with Crippen LogP contribution in [0, 0.1) is 0 Å². The van der Waals surface area contributed by atoms with E-state index in [0.717, 1.165) is 31.6 Å². The Kier molecular flexibility index (Phi) is 4.32. The van der Waals surface area contributed by atoms with Gasteiger partial charge in [-0.2, -0.15) is 5.10 Å². The number of nitrogens with one attached hydrogen (secondary N) is 1. The van der Waals surface area contributed by atoms with Crippen molar-refractivity contribution in [2.45, 2.75) is 19.4 Å². The Morgan fingerprint density at radius 1 is 1.35 bits per heavy atom. The fourth-order valence-corrected chi connectivity index (χ4v) is 1.67. The summed E-state index contributed by atoms with van der Waals surface area (Å²) in [6, 6.07) is 1.77. The quantitative estimate of drug-likeness (QED) is 0.800. The number of aromatic nitrogens is 4. The first-order valence-corrected chi connectivity index (χ1v) is 5.90. The summed E-state index contributed by atoms with van der Waals surface area (Å²) in [6.45, 7) is 1.90. The monoisotopic (exact) mass is 251 g/mol. The first-order valence-electron chi connectivity index (χ1n) is 5.52. The number of hydrogen-bond acceptors (Lipinski definition) is 4. The van der Waals surface area contributed by atoms with Crippen molar-refractivity contribution < 1.29 is 0 Å². The molecule has 6 heteroatoms. The molecule has 0 aliphatic heterocycles. The van der Waals surface area contributed by atoms with E-state index in [0.29, 0.717) is 5.15 Å². The molecule has 90 valence electrons. The molecule has 17 heavy (non-hydrogen) atoms. The van der Waals surface area contributed by atoms with Crippen LogP contribution in [-0.2, 0) is 6.54 Å². The smallest absolute Gasteiger partial charge is 0.153 e. The van der Waals surface area contributed by atoms with Crippen molar-refractivity contribution in [3.63, 3.8) is 0 Å². The highest BCUT2D eigenvalue weighted by atomic mass is 35.5. The van der Waals surface area contributed by atoms with Gasteiger partial charge in [0.25, 0.3) is 0 Å². The van der Waals surface area contributed by atoms with Crippen molar-refractivity contribution in [1.29, 1.82) is 0 Å². The molecule has 0 aliphatic rings. The molecule has 0 fully saturated rings. The molecule has 0 aliphatic carbocycles. The molecule has 0 saturated heterocycles. The Morgan fingerprint density at radius 3 is 3.06 bits per heavy atom. The van der Waals surface area contributed by atoms with Crippen molar-refractivity contribution >= 4 is 17.3 Å². The second-order valence-electron chi connectivity index (χ2n) is 3.70. The lowest BCUT2D eigenvalue weighted by Crippen LogP contribution is -2.04. The summed E-state index contributed by atoms with van der Waals surface area (Å²) in [5, 5.41) is 11.1. The predicted octanol–water partition coefficient (Wildman–Crippen LogP) is 2.22. The minimum atomic E-state index is 0.411. The third kappa shape index (κ3) is 4.03. The first-order chi connectivity index (χ1) is 8.34. The molecule has 0 aromatic carbocycles. The lowest BCUT2D eigenvalue weighted by atomic mass is 10.3. The number of hydrogen-bond donors (Lipinski definition) is 1. The largest absolute Gasteiger partial charge is 0.384 e. The zero-order valence-corrected chi connectivity index (χ0v) is 10.1. The van der Waals surface area contributed by atoms with Gasteiger partial charge in [0, 0.05) is 31.5 Å². The van der Waals surface area contributed by atoms with Crippen molar-refractivity contribution in [3.8, 4) is 0 Å². The van der Waals surface area contributed by atoms with Crippen LogP contribution in [0.25, 0.3) is 0 Å². The minimum Gasteiger partial charge on any atom is -0.384 e. The van der Waals surface area contributed by atoms with E-state index in [1.165, 1.54) is 0 Å². The van der Waals surface area contributed by atoms with Crippen LogP contribution in [0.5, 0.6) is 0 Å². The van der Waals surface area contributed by atoms with Gasteiger partial charge >= 0.3 is 0 Å². The number of aryl methyl sites for hydroxylation is 1. The highest BCUT2D eigenvalue weighted by Gasteiger charge is 1.95. The van der Waals surface area contributed by atoms with Gasteiger partial charge in [0.15, 0.2) is 5.15 Å². The zero-order chi connectivity index (χ0) is 11.9. The van der Waals surface area contributed by atoms with Crippen LogP contribution in [0.2, 0.25) is 5.15 Å². The first kappa shape index (κ1) is 11.9. The Labute approximate surface area is 105 Å². The number of unbranched alkanes of at least 4 members (excludes halogenated alkanes) is 1. The van der Waals surface area contributed by atoms with Gasteiger partial charge in [-0.05, 0) is 12.8 Å². The van der Waals surface area contributed by atoms with Crippen molar-refractivity contribution in [2.24, 2.45) is 0 Å². The molecule has 0 saturated carbocycles. The van der Waals surface area contributed by atoms with Crippen LogP contribution in [0.1, 0.15) is 12.8 Å². The molecule has 0 spiro atoms. The average Bonchev–Trinajstić information content (AvgIpc) is 2.82. The van der Waals surface area contributed by atoms with E-state index in [2.05, 4.69) is 25.1 Å². The molecule has 2 heterocycles. The van der Waals surface area contributed by atoms with Gasteiger partial charge in [0.1, 0.15) is 0 Å². The minimum absolute atomic E-state index is 0.411. The lowest BCUT2D eigenvalue weighted by molar-refractivity contribution is 0.621. The fraction of sp³-hybridized carbons (Fsp3) is 0.364. The summed E-state index contributed by atoms with van der Waals surface area (Å²) in [4.78, 5) is 4.00. The van der Waals surface area contributed by atoms with Crippen LogP contribution in [0.15, 0.2) is 31.0 Å². The maximum absolute atomic E-state index is 5.73. The number of nitrogens with zero attached hydrogens (tertiary/aromatic N) is 4. The molecular weight excluding hydrogens is 238 g/mol. The Balaban J connectivity index is 1.63. The Bertz CT molecular complexity index is 443. The summed E-state index contributed by atoms with van der Waals surface area (Å²) < 4.78 is 2.07. The molecule has 0 bridgehead atoms. The molecule has 5 nitrogen and oxygen atoms in total. The molecular formula is C11H14ClN5. The third-order valence-electron chi connectivity index (χ3n) is 2.36. The van der Waals surface area contributed by atoms with Crippen molar-refractivity contribution in [3.05, 3.63) is 36.1 Å².